The first-order valence-corrected chi connectivity index (χ1v) is 4.46. The van der Waals surface area contributed by atoms with Crippen molar-refractivity contribution < 1.29 is 14.4 Å². The summed E-state index contributed by atoms with van der Waals surface area (Å²) in [6.45, 7) is 1.04. The highest BCUT2D eigenvalue weighted by Gasteiger charge is 2.42. The number of amides is 4. The van der Waals surface area contributed by atoms with E-state index in [9.17, 15) is 14.4 Å². The van der Waals surface area contributed by atoms with Crippen LogP contribution in [0.1, 0.15) is 6.42 Å². The molecule has 0 bridgehead atoms. The lowest BCUT2D eigenvalue weighted by molar-refractivity contribution is -0.137. The quantitative estimate of drug-likeness (QED) is 0.535. The molecule has 0 saturated carbocycles. The minimum atomic E-state index is -0.588. The van der Waals surface area contributed by atoms with Crippen LogP contribution in [0.15, 0.2) is 0 Å². The van der Waals surface area contributed by atoms with Gasteiger partial charge >= 0.3 is 6.03 Å². The summed E-state index contributed by atoms with van der Waals surface area (Å²) < 4.78 is 0. The summed E-state index contributed by atoms with van der Waals surface area (Å²) in [7, 11) is 1.44. The second-order valence-electron chi connectivity index (χ2n) is 3.44. The van der Waals surface area contributed by atoms with Crippen LogP contribution in [-0.4, -0.2) is 53.8 Å². The molecule has 2 aliphatic heterocycles. The summed E-state index contributed by atoms with van der Waals surface area (Å²) in [5.41, 5.74) is 0. The maximum atomic E-state index is 11.5. The first-order chi connectivity index (χ1) is 6.61. The number of hydrogen-bond acceptors (Lipinski definition) is 3. The van der Waals surface area contributed by atoms with Crippen LogP contribution in [0.3, 0.4) is 0 Å². The van der Waals surface area contributed by atoms with Crippen molar-refractivity contribution in [2.24, 2.45) is 0 Å². The van der Waals surface area contributed by atoms with E-state index in [4.69, 9.17) is 0 Å². The molecule has 0 aromatic rings. The lowest BCUT2D eigenvalue weighted by Crippen LogP contribution is -2.42. The molecule has 0 aliphatic carbocycles. The van der Waals surface area contributed by atoms with Gasteiger partial charge in [-0.15, -0.1) is 0 Å². The number of imide groups is 1. The second-order valence-corrected chi connectivity index (χ2v) is 3.44. The Morgan fingerprint density at radius 3 is 2.50 bits per heavy atom. The van der Waals surface area contributed by atoms with E-state index in [-0.39, 0.29) is 24.3 Å². The van der Waals surface area contributed by atoms with Crippen molar-refractivity contribution in [2.45, 2.75) is 12.5 Å². The monoisotopic (exact) mass is 197 g/mol. The van der Waals surface area contributed by atoms with E-state index in [1.54, 1.807) is 0 Å². The molecule has 2 fully saturated rings. The van der Waals surface area contributed by atoms with Crippen LogP contribution < -0.4 is 5.32 Å². The molecule has 14 heavy (non-hydrogen) atoms. The molecule has 2 heterocycles. The number of carbonyl (C=O) groups is 3. The van der Waals surface area contributed by atoms with E-state index in [0.29, 0.717) is 13.1 Å². The van der Waals surface area contributed by atoms with Gasteiger partial charge in [0, 0.05) is 20.1 Å². The number of rotatable bonds is 1. The normalized spacial score (nSPS) is 27.5. The van der Waals surface area contributed by atoms with Gasteiger partial charge in [-0.3, -0.25) is 14.5 Å². The fourth-order valence-electron chi connectivity index (χ4n) is 1.76. The standard InChI is InChI=1S/C8H11N3O3/c1-10-6(12)4-5(7(10)13)11-3-2-9-8(11)14/h5H,2-4H2,1H3,(H,9,14). The van der Waals surface area contributed by atoms with Gasteiger partial charge in [0.05, 0.1) is 6.42 Å². The van der Waals surface area contributed by atoms with Crippen LogP contribution in [0, 0.1) is 0 Å². The number of likely N-dealkylation sites (N-methyl/N-ethyl adjacent to an activating group) is 1. The lowest BCUT2D eigenvalue weighted by atomic mass is 10.2. The maximum absolute atomic E-state index is 11.5. The van der Waals surface area contributed by atoms with Crippen LogP contribution in [0.25, 0.3) is 0 Å². The molecule has 2 rings (SSSR count). The molecule has 0 spiro atoms. The smallest absolute Gasteiger partial charge is 0.318 e. The summed E-state index contributed by atoms with van der Waals surface area (Å²) in [5.74, 6) is -0.508. The summed E-state index contributed by atoms with van der Waals surface area (Å²) in [4.78, 5) is 36.5. The third-order valence-electron chi connectivity index (χ3n) is 2.62. The Hall–Kier alpha value is -1.59. The first-order valence-electron chi connectivity index (χ1n) is 4.46. The fraction of sp³-hybridized carbons (Fsp3) is 0.625. The van der Waals surface area contributed by atoms with E-state index in [2.05, 4.69) is 5.32 Å². The van der Waals surface area contributed by atoms with Crippen LogP contribution in [0.5, 0.6) is 0 Å². The van der Waals surface area contributed by atoms with E-state index in [1.807, 2.05) is 0 Å². The van der Waals surface area contributed by atoms with Crippen molar-refractivity contribution in [1.82, 2.24) is 15.1 Å². The third kappa shape index (κ3) is 1.14. The first kappa shape index (κ1) is 8.98. The molecule has 1 atom stereocenters. The van der Waals surface area contributed by atoms with Crippen molar-refractivity contribution in [3.63, 3.8) is 0 Å². The number of nitrogens with zero attached hydrogens (tertiary/aromatic N) is 2. The SMILES string of the molecule is CN1C(=O)CC(N2CCNC2=O)C1=O. The molecular weight excluding hydrogens is 186 g/mol. The predicted molar refractivity (Wildman–Crippen MR) is 46.3 cm³/mol. The molecule has 4 amide bonds. The molecule has 1 unspecified atom stereocenters. The highest BCUT2D eigenvalue weighted by atomic mass is 16.2. The number of urea groups is 1. The molecule has 0 aromatic carbocycles. The van der Waals surface area contributed by atoms with Gasteiger partial charge in [-0.25, -0.2) is 4.79 Å². The minimum absolute atomic E-state index is 0.114. The van der Waals surface area contributed by atoms with E-state index >= 15 is 0 Å². The van der Waals surface area contributed by atoms with Crippen LogP contribution in [-0.2, 0) is 9.59 Å². The summed E-state index contributed by atoms with van der Waals surface area (Å²) in [6.07, 6.45) is 0.114. The molecule has 6 heteroatoms. The van der Waals surface area contributed by atoms with Gasteiger partial charge in [-0.05, 0) is 0 Å². The summed E-state index contributed by atoms with van der Waals surface area (Å²) >= 11 is 0. The molecule has 0 radical (unpaired) electrons. The number of carbonyl (C=O) groups excluding carboxylic acids is 3. The van der Waals surface area contributed by atoms with Crippen molar-refractivity contribution in [3.05, 3.63) is 0 Å². The molecule has 1 N–H and O–H groups in total. The second kappa shape index (κ2) is 2.97. The van der Waals surface area contributed by atoms with Crippen LogP contribution in [0.4, 0.5) is 4.79 Å². The Morgan fingerprint density at radius 2 is 2.07 bits per heavy atom. The predicted octanol–water partition coefficient (Wildman–Crippen LogP) is -1.23. The highest BCUT2D eigenvalue weighted by Crippen LogP contribution is 2.18. The Labute approximate surface area is 80.8 Å². The van der Waals surface area contributed by atoms with Crippen molar-refractivity contribution in [3.8, 4) is 0 Å². The van der Waals surface area contributed by atoms with Gasteiger partial charge in [0.15, 0.2) is 0 Å². The lowest BCUT2D eigenvalue weighted by Gasteiger charge is -2.19. The molecular formula is C8H11N3O3. The zero-order valence-corrected chi connectivity index (χ0v) is 7.82. The van der Waals surface area contributed by atoms with E-state index in [0.717, 1.165) is 4.90 Å². The molecule has 2 saturated heterocycles. The van der Waals surface area contributed by atoms with Crippen molar-refractivity contribution >= 4 is 17.8 Å². The Morgan fingerprint density at radius 1 is 1.36 bits per heavy atom. The average Bonchev–Trinajstić information content (AvgIpc) is 2.66. The zero-order valence-electron chi connectivity index (χ0n) is 7.82. The Kier molecular flexibility index (Phi) is 1.90. The van der Waals surface area contributed by atoms with Gasteiger partial charge in [-0.2, -0.15) is 0 Å². The van der Waals surface area contributed by atoms with Gasteiger partial charge < -0.3 is 10.2 Å². The molecule has 76 valence electrons. The number of hydrogen-bond donors (Lipinski definition) is 1. The number of likely N-dealkylation sites (tertiary alicyclic amines) is 1. The third-order valence-corrected chi connectivity index (χ3v) is 2.62. The van der Waals surface area contributed by atoms with Crippen molar-refractivity contribution in [2.75, 3.05) is 20.1 Å². The van der Waals surface area contributed by atoms with E-state index in [1.165, 1.54) is 11.9 Å². The number of nitrogens with one attached hydrogen (secondary N) is 1. The van der Waals surface area contributed by atoms with Crippen LogP contribution in [0.2, 0.25) is 0 Å². The molecule has 0 aromatic heterocycles. The Balaban J connectivity index is 2.16. The fourth-order valence-corrected chi connectivity index (χ4v) is 1.76. The highest BCUT2D eigenvalue weighted by molar-refractivity contribution is 6.06. The molecule has 2 aliphatic rings. The molecule has 6 nitrogen and oxygen atoms in total. The van der Waals surface area contributed by atoms with E-state index < -0.39 is 6.04 Å². The zero-order chi connectivity index (χ0) is 10.3. The van der Waals surface area contributed by atoms with Crippen molar-refractivity contribution in [1.29, 1.82) is 0 Å². The van der Waals surface area contributed by atoms with Gasteiger partial charge in [0.25, 0.3) is 5.91 Å². The average molecular weight is 197 g/mol. The minimum Gasteiger partial charge on any atom is -0.336 e. The van der Waals surface area contributed by atoms with Gasteiger partial charge in [0.2, 0.25) is 5.91 Å². The largest absolute Gasteiger partial charge is 0.336 e. The maximum Gasteiger partial charge on any atom is 0.318 e. The summed E-state index contributed by atoms with van der Waals surface area (Å²) in [5, 5.41) is 2.60. The topological polar surface area (TPSA) is 69.7 Å². The van der Waals surface area contributed by atoms with Gasteiger partial charge in [0.1, 0.15) is 6.04 Å². The summed E-state index contributed by atoms with van der Waals surface area (Å²) in [6, 6.07) is -0.846. The van der Waals surface area contributed by atoms with Crippen LogP contribution >= 0.6 is 0 Å². The Bertz CT molecular complexity index is 315. The van der Waals surface area contributed by atoms with Gasteiger partial charge in [-0.1, -0.05) is 0 Å².